The number of pyridine rings is 2. The average molecular weight is 538 g/mol. The molecule has 0 aliphatic carbocycles. The maximum atomic E-state index is 14.2. The van der Waals surface area contributed by atoms with Gasteiger partial charge in [-0.1, -0.05) is 36.4 Å². The van der Waals surface area contributed by atoms with Crippen molar-refractivity contribution in [3.05, 3.63) is 136 Å². The van der Waals surface area contributed by atoms with Gasteiger partial charge in [0.2, 0.25) is 5.43 Å². The zero-order valence-corrected chi connectivity index (χ0v) is 22.2. The molecule has 0 unspecified atom stereocenters. The number of hydrogen-bond donors (Lipinski definition) is 0. The molecule has 0 N–H and O–H groups in total. The SMILES string of the molecule is COc1ccc(CN(Cc2ccncc2)C(=O)c2cn(C)c3ccccc3c2=O)cc1OCc1ccccc1F. The third kappa shape index (κ3) is 5.71. The maximum absolute atomic E-state index is 14.2. The number of rotatable bonds is 9. The number of methoxy groups -OCH3 is 1. The molecular formula is C32H28FN3O4. The quantitative estimate of drug-likeness (QED) is 0.248. The van der Waals surface area contributed by atoms with E-state index in [1.165, 1.54) is 13.2 Å². The molecule has 1 amide bonds. The van der Waals surface area contributed by atoms with E-state index in [1.807, 2.05) is 37.4 Å². The van der Waals surface area contributed by atoms with Crippen LogP contribution in [-0.2, 0) is 26.7 Å². The van der Waals surface area contributed by atoms with Gasteiger partial charge in [0, 0.05) is 49.7 Å². The topological polar surface area (TPSA) is 73.7 Å². The lowest BCUT2D eigenvalue weighted by molar-refractivity contribution is 0.0728. The van der Waals surface area contributed by atoms with Crippen LogP contribution in [0.3, 0.4) is 0 Å². The number of aromatic nitrogens is 2. The Labute approximate surface area is 231 Å². The Hall–Kier alpha value is -4.98. The number of aryl methyl sites for hydroxylation is 1. The first-order chi connectivity index (χ1) is 19.4. The number of carbonyl (C=O) groups is 1. The summed E-state index contributed by atoms with van der Waals surface area (Å²) in [7, 11) is 3.34. The molecule has 0 spiro atoms. The second kappa shape index (κ2) is 11.8. The fraction of sp³-hybridized carbons (Fsp3) is 0.156. The molecule has 5 rings (SSSR count). The Morgan fingerprint density at radius 1 is 0.925 bits per heavy atom. The summed E-state index contributed by atoms with van der Waals surface area (Å²) in [5.74, 6) is 0.146. The van der Waals surface area contributed by atoms with Gasteiger partial charge in [0.1, 0.15) is 18.0 Å². The summed E-state index contributed by atoms with van der Waals surface area (Å²) in [5.41, 5.74) is 2.55. The van der Waals surface area contributed by atoms with E-state index in [-0.39, 0.29) is 36.5 Å². The summed E-state index contributed by atoms with van der Waals surface area (Å²) in [5, 5.41) is 0.480. The molecule has 3 aromatic carbocycles. The van der Waals surface area contributed by atoms with E-state index in [9.17, 15) is 14.0 Å². The first kappa shape index (κ1) is 26.6. The molecule has 5 aromatic rings. The van der Waals surface area contributed by atoms with Crippen molar-refractivity contribution in [1.82, 2.24) is 14.5 Å². The molecule has 0 aliphatic rings. The molecular weight excluding hydrogens is 509 g/mol. The van der Waals surface area contributed by atoms with Gasteiger partial charge in [-0.3, -0.25) is 14.6 Å². The highest BCUT2D eigenvalue weighted by atomic mass is 19.1. The van der Waals surface area contributed by atoms with Crippen molar-refractivity contribution < 1.29 is 18.7 Å². The smallest absolute Gasteiger partial charge is 0.259 e. The van der Waals surface area contributed by atoms with Crippen LogP contribution in [0, 0.1) is 5.82 Å². The molecule has 2 heterocycles. The third-order valence-corrected chi connectivity index (χ3v) is 6.68. The minimum Gasteiger partial charge on any atom is -0.493 e. The molecule has 0 saturated heterocycles. The molecule has 8 heteroatoms. The van der Waals surface area contributed by atoms with Gasteiger partial charge in [-0.05, 0) is 53.6 Å². The Morgan fingerprint density at radius 3 is 2.42 bits per heavy atom. The summed E-state index contributed by atoms with van der Waals surface area (Å²) in [6, 6.07) is 22.6. The Kier molecular flexibility index (Phi) is 7.87. The van der Waals surface area contributed by atoms with Crippen LogP contribution in [0.2, 0.25) is 0 Å². The van der Waals surface area contributed by atoms with E-state index in [2.05, 4.69) is 4.98 Å². The number of benzene rings is 3. The van der Waals surface area contributed by atoms with E-state index in [4.69, 9.17) is 9.47 Å². The molecule has 40 heavy (non-hydrogen) atoms. The second-order valence-corrected chi connectivity index (χ2v) is 9.38. The van der Waals surface area contributed by atoms with E-state index in [1.54, 1.807) is 70.5 Å². The highest BCUT2D eigenvalue weighted by molar-refractivity contribution is 5.97. The minimum atomic E-state index is -0.396. The van der Waals surface area contributed by atoms with Gasteiger partial charge in [0.15, 0.2) is 11.5 Å². The summed E-state index contributed by atoms with van der Waals surface area (Å²) >= 11 is 0. The summed E-state index contributed by atoms with van der Waals surface area (Å²) in [4.78, 5) is 33.0. The molecule has 0 bridgehead atoms. The summed E-state index contributed by atoms with van der Waals surface area (Å²) in [6.45, 7) is 0.464. The van der Waals surface area contributed by atoms with Gasteiger partial charge >= 0.3 is 0 Å². The maximum Gasteiger partial charge on any atom is 0.259 e. The lowest BCUT2D eigenvalue weighted by atomic mass is 10.1. The first-order valence-corrected chi connectivity index (χ1v) is 12.7. The zero-order valence-electron chi connectivity index (χ0n) is 22.2. The summed E-state index contributed by atoms with van der Waals surface area (Å²) in [6.07, 6.45) is 4.91. The fourth-order valence-corrected chi connectivity index (χ4v) is 4.59. The van der Waals surface area contributed by atoms with Crippen LogP contribution in [-0.4, -0.2) is 27.5 Å². The first-order valence-electron chi connectivity index (χ1n) is 12.7. The molecule has 0 aliphatic heterocycles. The highest BCUT2D eigenvalue weighted by Gasteiger charge is 2.22. The average Bonchev–Trinajstić information content (AvgIpc) is 2.98. The lowest BCUT2D eigenvalue weighted by Gasteiger charge is -2.24. The van der Waals surface area contributed by atoms with E-state index in [0.29, 0.717) is 22.4 Å². The van der Waals surface area contributed by atoms with Crippen LogP contribution < -0.4 is 14.9 Å². The number of carbonyl (C=O) groups excluding carboxylic acids is 1. The van der Waals surface area contributed by atoms with Crippen molar-refractivity contribution in [2.24, 2.45) is 7.05 Å². The standard InChI is InChI=1S/C32H28FN3O4/c1-35-20-26(31(37)25-8-4-6-10-28(25)35)32(38)36(18-22-13-15-34-16-14-22)19-23-11-12-29(39-2)30(17-23)40-21-24-7-3-5-9-27(24)33/h3-17,20H,18-19,21H2,1-2H3. The van der Waals surface area contributed by atoms with Crippen LogP contribution in [0.5, 0.6) is 11.5 Å². The van der Waals surface area contributed by atoms with Crippen molar-refractivity contribution in [2.45, 2.75) is 19.7 Å². The van der Waals surface area contributed by atoms with Gasteiger partial charge in [-0.15, -0.1) is 0 Å². The Morgan fingerprint density at radius 2 is 1.65 bits per heavy atom. The van der Waals surface area contributed by atoms with Gasteiger partial charge in [0.05, 0.1) is 12.6 Å². The normalized spacial score (nSPS) is 10.9. The van der Waals surface area contributed by atoms with E-state index >= 15 is 0 Å². The monoisotopic (exact) mass is 537 g/mol. The number of hydrogen-bond acceptors (Lipinski definition) is 5. The van der Waals surface area contributed by atoms with Crippen molar-refractivity contribution in [3.8, 4) is 11.5 Å². The predicted molar refractivity (Wildman–Crippen MR) is 151 cm³/mol. The van der Waals surface area contributed by atoms with E-state index < -0.39 is 5.91 Å². The number of ether oxygens (including phenoxy) is 2. The second-order valence-electron chi connectivity index (χ2n) is 9.38. The lowest BCUT2D eigenvalue weighted by Crippen LogP contribution is -2.34. The van der Waals surface area contributed by atoms with Crippen molar-refractivity contribution in [3.63, 3.8) is 0 Å². The molecule has 0 atom stereocenters. The summed E-state index contributed by atoms with van der Waals surface area (Å²) < 4.78 is 27.3. The number of fused-ring (bicyclic) bond motifs is 1. The van der Waals surface area contributed by atoms with Gasteiger partial charge in [-0.2, -0.15) is 0 Å². The van der Waals surface area contributed by atoms with Crippen LogP contribution in [0.4, 0.5) is 4.39 Å². The van der Waals surface area contributed by atoms with Crippen molar-refractivity contribution >= 4 is 16.8 Å². The van der Waals surface area contributed by atoms with Crippen molar-refractivity contribution in [1.29, 1.82) is 0 Å². The van der Waals surface area contributed by atoms with Crippen LogP contribution in [0.1, 0.15) is 27.0 Å². The van der Waals surface area contributed by atoms with Gasteiger partial charge < -0.3 is 18.9 Å². The van der Waals surface area contributed by atoms with Gasteiger partial charge in [-0.25, -0.2) is 4.39 Å². The highest BCUT2D eigenvalue weighted by Crippen LogP contribution is 2.30. The molecule has 0 fully saturated rings. The van der Waals surface area contributed by atoms with Crippen LogP contribution in [0.15, 0.2) is 102 Å². The predicted octanol–water partition coefficient (Wildman–Crippen LogP) is 5.50. The molecule has 7 nitrogen and oxygen atoms in total. The van der Waals surface area contributed by atoms with E-state index in [0.717, 1.165) is 16.6 Å². The largest absolute Gasteiger partial charge is 0.493 e. The van der Waals surface area contributed by atoms with Crippen LogP contribution >= 0.6 is 0 Å². The number of para-hydroxylation sites is 1. The zero-order chi connectivity index (χ0) is 28.1. The molecule has 202 valence electrons. The van der Waals surface area contributed by atoms with Crippen molar-refractivity contribution in [2.75, 3.05) is 7.11 Å². The molecule has 2 aromatic heterocycles. The Bertz CT molecular complexity index is 1720. The number of halogens is 1. The molecule has 0 radical (unpaired) electrons. The Balaban J connectivity index is 1.48. The minimum absolute atomic E-state index is 0.0132. The third-order valence-electron chi connectivity index (χ3n) is 6.68. The number of nitrogens with zero attached hydrogens (tertiary/aromatic N) is 3. The van der Waals surface area contributed by atoms with Gasteiger partial charge in [0.25, 0.3) is 5.91 Å². The van der Waals surface area contributed by atoms with Crippen LogP contribution in [0.25, 0.3) is 10.9 Å². The fourth-order valence-electron chi connectivity index (χ4n) is 4.59. The number of amides is 1. The molecule has 0 saturated carbocycles.